The fourth-order valence-corrected chi connectivity index (χ4v) is 6.75. The van der Waals surface area contributed by atoms with Crippen molar-refractivity contribution in [1.82, 2.24) is 0 Å². The van der Waals surface area contributed by atoms with Crippen molar-refractivity contribution < 1.29 is 4.42 Å². The quantitative estimate of drug-likeness (QED) is 0.186. The van der Waals surface area contributed by atoms with Crippen LogP contribution in [0.2, 0.25) is 0 Å². The third-order valence-corrected chi connectivity index (χ3v) is 8.99. The van der Waals surface area contributed by atoms with Crippen LogP contribution in [0.4, 0.5) is 17.1 Å². The summed E-state index contributed by atoms with van der Waals surface area (Å²) in [6.07, 6.45) is 0. The van der Waals surface area contributed by atoms with Gasteiger partial charge in [0.1, 0.15) is 11.3 Å². The second-order valence-corrected chi connectivity index (χ2v) is 11.8. The minimum atomic E-state index is 0.885. The molecule has 0 N–H and O–H groups in total. The molecule has 46 heavy (non-hydrogen) atoms. The van der Waals surface area contributed by atoms with E-state index >= 15 is 0 Å². The minimum absolute atomic E-state index is 0.885. The number of rotatable bonds is 5. The van der Waals surface area contributed by atoms with E-state index in [1.807, 2.05) is 18.2 Å². The van der Waals surface area contributed by atoms with Gasteiger partial charge in [0.2, 0.25) is 0 Å². The van der Waals surface area contributed by atoms with Crippen molar-refractivity contribution in [3.05, 3.63) is 176 Å². The molecule has 8 aromatic carbocycles. The van der Waals surface area contributed by atoms with E-state index in [4.69, 9.17) is 4.42 Å². The first-order chi connectivity index (χ1) is 22.8. The Morgan fingerprint density at radius 3 is 1.89 bits per heavy atom. The van der Waals surface area contributed by atoms with E-state index < -0.39 is 0 Å². The minimum Gasteiger partial charge on any atom is -0.456 e. The average molecular weight is 588 g/mol. The zero-order chi connectivity index (χ0) is 30.5. The fraction of sp³-hybridized carbons (Fsp3) is 0. The van der Waals surface area contributed by atoms with Gasteiger partial charge in [0.25, 0.3) is 0 Å². The summed E-state index contributed by atoms with van der Waals surface area (Å²) in [4.78, 5) is 2.39. The molecule has 0 saturated heterocycles. The highest BCUT2D eigenvalue weighted by atomic mass is 16.3. The number of hydrogen-bond donors (Lipinski definition) is 0. The van der Waals surface area contributed by atoms with Crippen molar-refractivity contribution in [3.8, 4) is 22.5 Å². The predicted octanol–water partition coefficient (Wildman–Crippen LogP) is 12.7. The average Bonchev–Trinajstić information content (AvgIpc) is 3.57. The van der Waals surface area contributed by atoms with E-state index in [9.17, 15) is 0 Å². The van der Waals surface area contributed by atoms with Gasteiger partial charge >= 0.3 is 0 Å². The molecule has 0 radical (unpaired) electrons. The lowest BCUT2D eigenvalue weighted by molar-refractivity contribution is 0.631. The Hall–Kier alpha value is -6.12. The van der Waals surface area contributed by atoms with E-state index in [0.717, 1.165) is 39.2 Å². The first-order valence-corrected chi connectivity index (χ1v) is 15.7. The van der Waals surface area contributed by atoms with Gasteiger partial charge in [-0.25, -0.2) is 0 Å². The maximum Gasteiger partial charge on any atom is 0.135 e. The maximum atomic E-state index is 6.17. The van der Waals surface area contributed by atoms with E-state index in [0.29, 0.717) is 0 Å². The third-order valence-electron chi connectivity index (χ3n) is 8.99. The second-order valence-electron chi connectivity index (χ2n) is 11.8. The summed E-state index contributed by atoms with van der Waals surface area (Å²) >= 11 is 0. The lowest BCUT2D eigenvalue weighted by Gasteiger charge is -2.28. The van der Waals surface area contributed by atoms with Gasteiger partial charge in [0.05, 0.1) is 5.69 Å². The van der Waals surface area contributed by atoms with Gasteiger partial charge in [0, 0.05) is 27.7 Å². The Labute approximate surface area is 267 Å². The lowest BCUT2D eigenvalue weighted by atomic mass is 9.97. The Morgan fingerprint density at radius 1 is 0.348 bits per heavy atom. The van der Waals surface area contributed by atoms with Crippen LogP contribution >= 0.6 is 0 Å². The van der Waals surface area contributed by atoms with Crippen LogP contribution in [0.15, 0.2) is 180 Å². The predicted molar refractivity (Wildman–Crippen MR) is 194 cm³/mol. The van der Waals surface area contributed by atoms with Gasteiger partial charge in [-0.05, 0) is 92.7 Å². The molecule has 9 rings (SSSR count). The Bertz CT molecular complexity index is 2510. The van der Waals surface area contributed by atoms with Crippen LogP contribution in [0.1, 0.15) is 0 Å². The van der Waals surface area contributed by atoms with Crippen LogP contribution in [0, 0.1) is 0 Å². The first kappa shape index (κ1) is 26.3. The zero-order valence-corrected chi connectivity index (χ0v) is 25.1. The molecule has 0 aliphatic rings. The van der Waals surface area contributed by atoms with Crippen LogP contribution < -0.4 is 4.90 Å². The van der Waals surface area contributed by atoms with Gasteiger partial charge in [0.15, 0.2) is 0 Å². The molecule has 2 heteroatoms. The molecule has 0 spiro atoms. The van der Waals surface area contributed by atoms with Crippen LogP contribution in [0.5, 0.6) is 0 Å². The summed E-state index contributed by atoms with van der Waals surface area (Å²) in [5.41, 5.74) is 7.74. The highest BCUT2D eigenvalue weighted by molar-refractivity contribution is 6.14. The first-order valence-electron chi connectivity index (χ1n) is 15.7. The van der Waals surface area contributed by atoms with E-state index in [-0.39, 0.29) is 0 Å². The molecule has 0 amide bonds. The summed E-state index contributed by atoms with van der Waals surface area (Å²) in [6, 6.07) is 62.8. The van der Waals surface area contributed by atoms with Gasteiger partial charge in [-0.1, -0.05) is 121 Å². The maximum absolute atomic E-state index is 6.17. The number of benzene rings is 8. The summed E-state index contributed by atoms with van der Waals surface area (Å²) in [7, 11) is 0. The SMILES string of the molecule is c1ccc(N(c2ccc3cc(-c4cccc(-c5cc6ccccc6o5)c4)ccc3c2)c2cc3ccccc3c3ccccc23)cc1. The number of anilines is 3. The summed E-state index contributed by atoms with van der Waals surface area (Å²) in [6.45, 7) is 0. The largest absolute Gasteiger partial charge is 0.456 e. The molecule has 0 aliphatic carbocycles. The molecule has 0 bridgehead atoms. The number of para-hydroxylation sites is 2. The molecular weight excluding hydrogens is 558 g/mol. The van der Waals surface area contributed by atoms with Crippen molar-refractivity contribution in [2.45, 2.75) is 0 Å². The zero-order valence-electron chi connectivity index (χ0n) is 25.1. The Kier molecular flexibility index (Phi) is 6.17. The molecule has 0 fully saturated rings. The Morgan fingerprint density at radius 2 is 1.02 bits per heavy atom. The van der Waals surface area contributed by atoms with Gasteiger partial charge in [-0.2, -0.15) is 0 Å². The van der Waals surface area contributed by atoms with Gasteiger partial charge in [-0.3, -0.25) is 0 Å². The van der Waals surface area contributed by atoms with E-state index in [2.05, 4.69) is 163 Å². The van der Waals surface area contributed by atoms with Crippen molar-refractivity contribution in [1.29, 1.82) is 0 Å². The molecule has 1 aromatic heterocycles. The van der Waals surface area contributed by atoms with Gasteiger partial charge < -0.3 is 9.32 Å². The highest BCUT2D eigenvalue weighted by Crippen LogP contribution is 2.43. The van der Waals surface area contributed by atoms with Crippen LogP contribution in [0.3, 0.4) is 0 Å². The standard InChI is InChI=1S/C44H29NO/c1-2-15-37(16-3-1)45(42-28-34-11-4-6-17-39(34)40-18-7-8-19-41(40)42)38-24-23-32-25-31(21-22-33(32)27-38)30-13-10-14-35(26-30)44-29-36-12-5-9-20-43(36)46-44/h1-29H. The fourth-order valence-electron chi connectivity index (χ4n) is 6.75. The summed E-state index contributed by atoms with van der Waals surface area (Å²) in [5.74, 6) is 0.885. The summed E-state index contributed by atoms with van der Waals surface area (Å²) in [5, 5.41) is 8.49. The molecule has 0 aliphatic heterocycles. The van der Waals surface area contributed by atoms with E-state index in [1.54, 1.807) is 0 Å². The molecule has 0 atom stereocenters. The molecular formula is C44H29NO. The highest BCUT2D eigenvalue weighted by Gasteiger charge is 2.17. The van der Waals surface area contributed by atoms with Crippen molar-refractivity contribution >= 4 is 60.3 Å². The van der Waals surface area contributed by atoms with Crippen molar-refractivity contribution in [2.24, 2.45) is 0 Å². The summed E-state index contributed by atoms with van der Waals surface area (Å²) < 4.78 is 6.17. The van der Waals surface area contributed by atoms with Crippen LogP contribution in [-0.4, -0.2) is 0 Å². The van der Waals surface area contributed by atoms with Gasteiger partial charge in [-0.15, -0.1) is 0 Å². The monoisotopic (exact) mass is 587 g/mol. The molecule has 9 aromatic rings. The molecule has 1 heterocycles. The number of nitrogens with zero attached hydrogens (tertiary/aromatic N) is 1. The topological polar surface area (TPSA) is 16.4 Å². The molecule has 216 valence electrons. The third kappa shape index (κ3) is 4.51. The number of fused-ring (bicyclic) bond motifs is 5. The molecule has 0 unspecified atom stereocenters. The van der Waals surface area contributed by atoms with E-state index in [1.165, 1.54) is 43.6 Å². The van der Waals surface area contributed by atoms with Crippen LogP contribution in [0.25, 0.3) is 65.7 Å². The normalized spacial score (nSPS) is 11.5. The Balaban J connectivity index is 1.15. The smallest absolute Gasteiger partial charge is 0.135 e. The van der Waals surface area contributed by atoms with Crippen LogP contribution in [-0.2, 0) is 0 Å². The molecule has 0 saturated carbocycles. The lowest BCUT2D eigenvalue weighted by Crippen LogP contribution is -2.10. The second kappa shape index (κ2) is 10.8. The van der Waals surface area contributed by atoms with Crippen molar-refractivity contribution in [2.75, 3.05) is 4.90 Å². The number of hydrogen-bond acceptors (Lipinski definition) is 2. The van der Waals surface area contributed by atoms with Crippen molar-refractivity contribution in [3.63, 3.8) is 0 Å². The number of furan rings is 1. The molecule has 2 nitrogen and oxygen atoms in total.